The second kappa shape index (κ2) is 6.00. The van der Waals surface area contributed by atoms with Gasteiger partial charge in [0.05, 0.1) is 5.75 Å². The van der Waals surface area contributed by atoms with E-state index < -0.39 is 0 Å². The summed E-state index contributed by atoms with van der Waals surface area (Å²) in [7, 11) is 0. The Morgan fingerprint density at radius 3 is 2.60 bits per heavy atom. The molecule has 5 heteroatoms. The molecule has 0 spiro atoms. The van der Waals surface area contributed by atoms with Crippen molar-refractivity contribution < 1.29 is 4.79 Å². The summed E-state index contributed by atoms with van der Waals surface area (Å²) in [6.45, 7) is 2.02. The summed E-state index contributed by atoms with van der Waals surface area (Å²) < 4.78 is 0.793. The number of thiocarbonyl (C=S) groups is 1. The van der Waals surface area contributed by atoms with Gasteiger partial charge >= 0.3 is 0 Å². The number of rotatable bonds is 3. The maximum atomic E-state index is 10.2. The topological polar surface area (TPSA) is 43.1 Å². The number of hydrogen-bond acceptors (Lipinski definition) is 4. The molecule has 0 aliphatic carbocycles. The largest absolute Gasteiger partial charge is 0.369 e. The lowest BCUT2D eigenvalue weighted by molar-refractivity contribution is -0.115. The van der Waals surface area contributed by atoms with Crippen LogP contribution in [-0.4, -0.2) is 20.9 Å². The van der Waals surface area contributed by atoms with Crippen LogP contribution in [0.4, 0.5) is 0 Å². The molecular formula is C5H9NOS3. The van der Waals surface area contributed by atoms with Gasteiger partial charge in [0.15, 0.2) is 0 Å². The second-order valence-electron chi connectivity index (χ2n) is 1.44. The molecule has 0 radical (unpaired) electrons. The van der Waals surface area contributed by atoms with Gasteiger partial charge in [-0.15, -0.1) is 11.8 Å². The van der Waals surface area contributed by atoms with Crippen molar-refractivity contribution in [3.05, 3.63) is 0 Å². The number of hydrogen-bond donors (Lipinski definition) is 1. The zero-order valence-electron chi connectivity index (χ0n) is 5.62. The molecule has 2 N–H and O–H groups in total. The van der Waals surface area contributed by atoms with Crippen LogP contribution in [0.1, 0.15) is 6.92 Å². The van der Waals surface area contributed by atoms with Crippen LogP contribution in [0.3, 0.4) is 0 Å². The SMILES string of the molecule is CCSC(=S)SCC(N)=O. The molecule has 1 amide bonds. The first-order chi connectivity index (χ1) is 4.66. The Bertz CT molecular complexity index is 137. The van der Waals surface area contributed by atoms with Gasteiger partial charge in [-0.2, -0.15) is 0 Å². The van der Waals surface area contributed by atoms with E-state index in [9.17, 15) is 4.79 Å². The number of carbonyl (C=O) groups excluding carboxylic acids is 1. The maximum Gasteiger partial charge on any atom is 0.227 e. The van der Waals surface area contributed by atoms with Crippen LogP contribution in [0, 0.1) is 0 Å². The van der Waals surface area contributed by atoms with Crippen molar-refractivity contribution in [2.45, 2.75) is 6.92 Å². The first-order valence-corrected chi connectivity index (χ1v) is 5.12. The minimum Gasteiger partial charge on any atom is -0.369 e. The van der Waals surface area contributed by atoms with Gasteiger partial charge in [0.25, 0.3) is 0 Å². The predicted octanol–water partition coefficient (Wildman–Crippen LogP) is 1.24. The van der Waals surface area contributed by atoms with Crippen LogP contribution >= 0.6 is 35.7 Å². The third-order valence-corrected chi connectivity index (χ3v) is 3.20. The molecule has 0 aromatic carbocycles. The van der Waals surface area contributed by atoms with Crippen LogP contribution < -0.4 is 5.73 Å². The number of carbonyl (C=O) groups is 1. The summed E-state index contributed by atoms with van der Waals surface area (Å²) in [5.74, 6) is 0.931. The predicted molar refractivity (Wildman–Crippen MR) is 52.4 cm³/mol. The Hall–Kier alpha value is 0.260. The number of primary amides is 1. The quantitative estimate of drug-likeness (QED) is 0.688. The number of amides is 1. The van der Waals surface area contributed by atoms with E-state index in [0.29, 0.717) is 5.75 Å². The lowest BCUT2D eigenvalue weighted by Gasteiger charge is -1.96. The molecule has 0 unspecified atom stereocenters. The molecule has 0 fully saturated rings. The van der Waals surface area contributed by atoms with E-state index in [4.69, 9.17) is 18.0 Å². The average Bonchev–Trinajstić information content (AvgIpc) is 1.85. The van der Waals surface area contributed by atoms with Crippen LogP contribution in [0.2, 0.25) is 0 Å². The fraction of sp³-hybridized carbons (Fsp3) is 0.600. The van der Waals surface area contributed by atoms with Crippen LogP contribution in [-0.2, 0) is 4.79 Å². The van der Waals surface area contributed by atoms with Crippen LogP contribution in [0.5, 0.6) is 0 Å². The highest BCUT2D eigenvalue weighted by atomic mass is 32.2. The summed E-state index contributed by atoms with van der Waals surface area (Å²) in [5, 5.41) is 0. The van der Waals surface area contributed by atoms with Crippen molar-refractivity contribution in [3.8, 4) is 0 Å². The van der Waals surface area contributed by atoms with E-state index in [0.717, 1.165) is 9.28 Å². The van der Waals surface area contributed by atoms with Crippen molar-refractivity contribution in [3.63, 3.8) is 0 Å². The average molecular weight is 195 g/mol. The van der Waals surface area contributed by atoms with Gasteiger partial charge < -0.3 is 5.73 Å². The molecule has 0 aliphatic heterocycles. The summed E-state index contributed by atoms with van der Waals surface area (Å²) in [6.07, 6.45) is 0. The van der Waals surface area contributed by atoms with E-state index in [1.165, 1.54) is 11.8 Å². The normalized spacial score (nSPS) is 9.30. The van der Waals surface area contributed by atoms with Gasteiger partial charge in [0, 0.05) is 0 Å². The molecule has 0 aliphatic rings. The van der Waals surface area contributed by atoms with Gasteiger partial charge in [-0.25, -0.2) is 0 Å². The Morgan fingerprint density at radius 1 is 1.60 bits per heavy atom. The van der Waals surface area contributed by atoms with E-state index >= 15 is 0 Å². The molecule has 0 saturated carbocycles. The van der Waals surface area contributed by atoms with E-state index in [2.05, 4.69) is 0 Å². The van der Waals surface area contributed by atoms with Gasteiger partial charge in [-0.1, -0.05) is 30.9 Å². The lowest BCUT2D eigenvalue weighted by Crippen LogP contribution is -2.13. The standard InChI is InChI=1S/C5H9NOS3/c1-2-9-5(8)10-3-4(6)7/h2-3H2,1H3,(H2,6,7). The number of nitrogens with two attached hydrogens (primary N) is 1. The Morgan fingerprint density at radius 2 is 2.20 bits per heavy atom. The van der Waals surface area contributed by atoms with Gasteiger partial charge in [-0.3, -0.25) is 4.79 Å². The zero-order valence-corrected chi connectivity index (χ0v) is 8.07. The maximum absolute atomic E-state index is 10.2. The Balaban J connectivity index is 3.30. The first-order valence-electron chi connectivity index (χ1n) is 2.74. The van der Waals surface area contributed by atoms with Gasteiger partial charge in [0.2, 0.25) is 5.91 Å². The summed E-state index contributed by atoms with van der Waals surface area (Å²) in [5.41, 5.74) is 4.91. The third kappa shape index (κ3) is 6.38. The fourth-order valence-electron chi connectivity index (χ4n) is 0.290. The van der Waals surface area contributed by atoms with E-state index in [1.807, 2.05) is 6.92 Å². The molecular weight excluding hydrogens is 186 g/mol. The van der Waals surface area contributed by atoms with Gasteiger partial charge in [-0.05, 0) is 5.75 Å². The van der Waals surface area contributed by atoms with Crippen molar-refractivity contribution in [1.82, 2.24) is 0 Å². The van der Waals surface area contributed by atoms with Crippen molar-refractivity contribution >= 4 is 45.2 Å². The smallest absolute Gasteiger partial charge is 0.227 e. The highest BCUT2D eigenvalue weighted by Gasteiger charge is 1.99. The molecule has 0 aromatic rings. The number of thioether (sulfide) groups is 2. The zero-order chi connectivity index (χ0) is 7.98. The molecule has 0 saturated heterocycles. The molecule has 0 heterocycles. The lowest BCUT2D eigenvalue weighted by atomic mass is 10.8. The molecule has 10 heavy (non-hydrogen) atoms. The third-order valence-electron chi connectivity index (χ3n) is 0.594. The monoisotopic (exact) mass is 195 g/mol. The highest BCUT2D eigenvalue weighted by molar-refractivity contribution is 8.47. The van der Waals surface area contributed by atoms with Crippen molar-refractivity contribution in [2.75, 3.05) is 11.5 Å². The molecule has 58 valence electrons. The van der Waals surface area contributed by atoms with Crippen molar-refractivity contribution in [2.24, 2.45) is 5.73 Å². The van der Waals surface area contributed by atoms with Crippen LogP contribution in [0.15, 0.2) is 0 Å². The summed E-state index contributed by atoms with van der Waals surface area (Å²) >= 11 is 7.78. The Kier molecular flexibility index (Phi) is 6.16. The van der Waals surface area contributed by atoms with Gasteiger partial charge in [0.1, 0.15) is 3.53 Å². The Labute approximate surface area is 74.3 Å². The molecule has 0 bridgehead atoms. The minimum absolute atomic E-state index is 0.297. The first kappa shape index (κ1) is 10.3. The van der Waals surface area contributed by atoms with E-state index in [1.54, 1.807) is 11.8 Å². The fourth-order valence-corrected chi connectivity index (χ4v) is 2.18. The highest BCUT2D eigenvalue weighted by Crippen LogP contribution is 2.15. The van der Waals surface area contributed by atoms with E-state index in [-0.39, 0.29) is 5.91 Å². The molecule has 0 rings (SSSR count). The van der Waals surface area contributed by atoms with Crippen LogP contribution in [0.25, 0.3) is 0 Å². The molecule has 0 atom stereocenters. The second-order valence-corrected chi connectivity index (χ2v) is 4.88. The molecule has 0 aromatic heterocycles. The summed E-state index contributed by atoms with van der Waals surface area (Å²) in [4.78, 5) is 10.2. The van der Waals surface area contributed by atoms with Crippen molar-refractivity contribution in [1.29, 1.82) is 0 Å². The minimum atomic E-state index is -0.316. The summed E-state index contributed by atoms with van der Waals surface area (Å²) in [6, 6.07) is 0. The molecule has 2 nitrogen and oxygen atoms in total.